The van der Waals surface area contributed by atoms with Crippen molar-refractivity contribution in [2.75, 3.05) is 23.4 Å². The van der Waals surface area contributed by atoms with Gasteiger partial charge in [0.05, 0.1) is 11.5 Å². The summed E-state index contributed by atoms with van der Waals surface area (Å²) in [6.45, 7) is 4.01. The van der Waals surface area contributed by atoms with Crippen LogP contribution in [-0.4, -0.2) is 58.7 Å². The van der Waals surface area contributed by atoms with E-state index in [0.717, 1.165) is 0 Å². The summed E-state index contributed by atoms with van der Waals surface area (Å²) in [6, 6.07) is 4.57. The molecular weight excluding hydrogens is 346 g/mol. The van der Waals surface area contributed by atoms with Crippen LogP contribution in [0.1, 0.15) is 29.6 Å². The van der Waals surface area contributed by atoms with Crippen molar-refractivity contribution in [3.05, 3.63) is 29.7 Å². The minimum atomic E-state index is -3.06. The summed E-state index contributed by atoms with van der Waals surface area (Å²) >= 11 is 0. The van der Waals surface area contributed by atoms with Gasteiger partial charge in [0.2, 0.25) is 0 Å². The Kier molecular flexibility index (Phi) is 4.71. The number of hydrogen-bond acceptors (Lipinski definition) is 8. The minimum Gasteiger partial charge on any atom is -0.360 e. The number of aromatic nitrogens is 3. The van der Waals surface area contributed by atoms with E-state index in [-0.39, 0.29) is 29.1 Å². The van der Waals surface area contributed by atoms with E-state index in [0.29, 0.717) is 30.4 Å². The van der Waals surface area contributed by atoms with E-state index in [9.17, 15) is 13.2 Å². The molecule has 134 valence electrons. The van der Waals surface area contributed by atoms with Crippen LogP contribution in [0.2, 0.25) is 0 Å². The number of sulfone groups is 1. The normalized spacial score (nSPS) is 18.9. The van der Waals surface area contributed by atoms with Crippen LogP contribution in [-0.2, 0) is 9.84 Å². The lowest BCUT2D eigenvalue weighted by Gasteiger charge is -2.26. The molecule has 1 aliphatic heterocycles. The Labute approximate surface area is 145 Å². The van der Waals surface area contributed by atoms with Gasteiger partial charge < -0.3 is 14.7 Å². The fourth-order valence-electron chi connectivity index (χ4n) is 2.81. The van der Waals surface area contributed by atoms with Crippen LogP contribution in [0.5, 0.6) is 0 Å². The van der Waals surface area contributed by atoms with Crippen LogP contribution in [0.3, 0.4) is 0 Å². The maximum Gasteiger partial charge on any atom is 0.274 e. The Morgan fingerprint density at radius 3 is 2.68 bits per heavy atom. The molecule has 2 aromatic heterocycles. The molecule has 1 saturated heterocycles. The average Bonchev–Trinajstić information content (AvgIpc) is 3.14. The van der Waals surface area contributed by atoms with Gasteiger partial charge in [0.15, 0.2) is 27.2 Å². The van der Waals surface area contributed by atoms with Gasteiger partial charge in [-0.1, -0.05) is 5.16 Å². The summed E-state index contributed by atoms with van der Waals surface area (Å²) < 4.78 is 28.3. The first kappa shape index (κ1) is 17.3. The largest absolute Gasteiger partial charge is 0.360 e. The van der Waals surface area contributed by atoms with Crippen LogP contribution in [0, 0.1) is 6.92 Å². The van der Waals surface area contributed by atoms with Crippen molar-refractivity contribution in [3.63, 3.8) is 0 Å². The number of aryl methyl sites for hydroxylation is 1. The van der Waals surface area contributed by atoms with Gasteiger partial charge in [0.1, 0.15) is 5.76 Å². The lowest BCUT2D eigenvalue weighted by atomic mass is 10.2. The second kappa shape index (κ2) is 6.79. The molecule has 1 N–H and O–H groups in total. The molecule has 1 atom stereocenters. The predicted octanol–water partition coefficient (Wildman–Crippen LogP) is 1.17. The van der Waals surface area contributed by atoms with Crippen molar-refractivity contribution in [2.45, 2.75) is 26.3 Å². The number of anilines is 2. The molecule has 10 heteroatoms. The Morgan fingerprint density at radius 2 is 2.16 bits per heavy atom. The van der Waals surface area contributed by atoms with Crippen LogP contribution in [0.25, 0.3) is 0 Å². The summed E-state index contributed by atoms with van der Waals surface area (Å²) in [6.07, 6.45) is 0.459. The molecule has 2 aromatic rings. The topological polar surface area (TPSA) is 118 Å². The highest BCUT2D eigenvalue weighted by Crippen LogP contribution is 2.20. The molecule has 3 rings (SSSR count). The van der Waals surface area contributed by atoms with Crippen LogP contribution < -0.4 is 5.32 Å². The van der Waals surface area contributed by atoms with E-state index in [1.165, 1.54) is 0 Å². The lowest BCUT2D eigenvalue weighted by Crippen LogP contribution is -2.41. The van der Waals surface area contributed by atoms with Crippen molar-refractivity contribution < 1.29 is 17.7 Å². The van der Waals surface area contributed by atoms with Crippen molar-refractivity contribution >= 4 is 27.4 Å². The third-order valence-corrected chi connectivity index (χ3v) is 5.77. The van der Waals surface area contributed by atoms with Gasteiger partial charge in [-0.2, -0.15) is 0 Å². The Balaban J connectivity index is 1.71. The molecule has 1 aliphatic rings. The predicted molar refractivity (Wildman–Crippen MR) is 90.3 cm³/mol. The highest BCUT2D eigenvalue weighted by Gasteiger charge is 2.34. The molecule has 0 spiro atoms. The van der Waals surface area contributed by atoms with Gasteiger partial charge in [0, 0.05) is 18.7 Å². The molecule has 0 bridgehead atoms. The molecule has 0 aromatic carbocycles. The molecule has 1 unspecified atom stereocenters. The minimum absolute atomic E-state index is 0.00512. The number of nitrogens with one attached hydrogen (secondary N) is 1. The summed E-state index contributed by atoms with van der Waals surface area (Å²) in [7, 11) is -3.06. The quantitative estimate of drug-likeness (QED) is 0.839. The zero-order valence-corrected chi connectivity index (χ0v) is 14.8. The molecular formula is C15H19N5O4S. The monoisotopic (exact) mass is 365 g/mol. The van der Waals surface area contributed by atoms with E-state index >= 15 is 0 Å². The van der Waals surface area contributed by atoms with E-state index in [4.69, 9.17) is 4.52 Å². The fraction of sp³-hybridized carbons (Fsp3) is 0.467. The number of carbonyl (C=O) groups is 1. The van der Waals surface area contributed by atoms with Crippen LogP contribution in [0.4, 0.5) is 11.6 Å². The smallest absolute Gasteiger partial charge is 0.274 e. The zero-order valence-electron chi connectivity index (χ0n) is 14.0. The highest BCUT2D eigenvalue weighted by atomic mass is 32.2. The van der Waals surface area contributed by atoms with Gasteiger partial charge in [-0.05, 0) is 32.4 Å². The van der Waals surface area contributed by atoms with Gasteiger partial charge >= 0.3 is 0 Å². The summed E-state index contributed by atoms with van der Waals surface area (Å²) in [5, 5.41) is 14.6. The standard InChI is InChI=1S/C15H19N5O4S/c1-3-20(11-6-7-25(22,23)9-11)15(21)12-4-5-13(18-17-12)16-14-8-10(2)24-19-14/h4-5,8,11H,3,6-7,9H2,1-2H3,(H,16,18,19). The SMILES string of the molecule is CCN(C(=O)c1ccc(Nc2cc(C)on2)nn1)C1CCS(=O)(=O)C1. The third-order valence-electron chi connectivity index (χ3n) is 4.02. The van der Waals surface area contributed by atoms with E-state index < -0.39 is 9.84 Å². The van der Waals surface area contributed by atoms with E-state index in [1.54, 1.807) is 30.0 Å². The fourth-order valence-corrected chi connectivity index (χ4v) is 4.54. The van der Waals surface area contributed by atoms with Crippen molar-refractivity contribution in [2.24, 2.45) is 0 Å². The van der Waals surface area contributed by atoms with Gasteiger partial charge in [-0.15, -0.1) is 10.2 Å². The van der Waals surface area contributed by atoms with Crippen LogP contribution in [0.15, 0.2) is 22.7 Å². The van der Waals surface area contributed by atoms with Gasteiger partial charge in [-0.25, -0.2) is 8.42 Å². The van der Waals surface area contributed by atoms with Crippen molar-refractivity contribution in [3.8, 4) is 0 Å². The maximum atomic E-state index is 12.6. The van der Waals surface area contributed by atoms with Crippen molar-refractivity contribution in [1.29, 1.82) is 0 Å². The maximum absolute atomic E-state index is 12.6. The number of amides is 1. The first-order chi connectivity index (χ1) is 11.9. The molecule has 1 amide bonds. The first-order valence-electron chi connectivity index (χ1n) is 7.93. The van der Waals surface area contributed by atoms with E-state index in [2.05, 4.69) is 20.7 Å². The summed E-state index contributed by atoms with van der Waals surface area (Å²) in [4.78, 5) is 14.2. The third kappa shape index (κ3) is 3.95. The number of hydrogen-bond donors (Lipinski definition) is 1. The molecule has 9 nitrogen and oxygen atoms in total. The number of rotatable bonds is 5. The second-order valence-corrected chi connectivity index (χ2v) is 8.13. The Morgan fingerprint density at radius 1 is 1.36 bits per heavy atom. The molecule has 0 aliphatic carbocycles. The average molecular weight is 365 g/mol. The molecule has 0 radical (unpaired) electrons. The van der Waals surface area contributed by atoms with Crippen LogP contribution >= 0.6 is 0 Å². The van der Waals surface area contributed by atoms with E-state index in [1.807, 2.05) is 6.92 Å². The summed E-state index contributed by atoms with van der Waals surface area (Å²) in [5.41, 5.74) is 0.174. The zero-order chi connectivity index (χ0) is 18.0. The molecule has 3 heterocycles. The molecule has 1 fully saturated rings. The van der Waals surface area contributed by atoms with Crippen molar-refractivity contribution in [1.82, 2.24) is 20.3 Å². The van der Waals surface area contributed by atoms with Gasteiger partial charge in [-0.3, -0.25) is 4.79 Å². The number of carbonyl (C=O) groups excluding carboxylic acids is 1. The number of nitrogens with zero attached hydrogens (tertiary/aromatic N) is 4. The Hall–Kier alpha value is -2.49. The Bertz CT molecular complexity index is 862. The summed E-state index contributed by atoms with van der Waals surface area (Å²) in [5.74, 6) is 1.39. The molecule has 0 saturated carbocycles. The first-order valence-corrected chi connectivity index (χ1v) is 9.75. The highest BCUT2D eigenvalue weighted by molar-refractivity contribution is 7.91. The van der Waals surface area contributed by atoms with Gasteiger partial charge in [0.25, 0.3) is 5.91 Å². The lowest BCUT2D eigenvalue weighted by molar-refractivity contribution is 0.0701. The molecule has 25 heavy (non-hydrogen) atoms. The second-order valence-electron chi connectivity index (χ2n) is 5.90.